The molecular weight excluding hydrogens is 286 g/mol. The molecule has 0 amide bonds. The van der Waals surface area contributed by atoms with E-state index < -0.39 is 0 Å². The predicted molar refractivity (Wildman–Crippen MR) is 93.5 cm³/mol. The van der Waals surface area contributed by atoms with Gasteiger partial charge in [0.15, 0.2) is 0 Å². The fourth-order valence-corrected chi connectivity index (χ4v) is 3.01. The van der Waals surface area contributed by atoms with Crippen molar-refractivity contribution in [2.75, 3.05) is 6.54 Å². The van der Waals surface area contributed by atoms with Crippen LogP contribution in [0.15, 0.2) is 30.3 Å². The highest BCUT2D eigenvalue weighted by atomic mass is 15.3. The van der Waals surface area contributed by atoms with Crippen molar-refractivity contribution in [1.82, 2.24) is 19.3 Å². The monoisotopic (exact) mass is 311 g/mol. The Kier molecular flexibility index (Phi) is 3.76. The van der Waals surface area contributed by atoms with Gasteiger partial charge >= 0.3 is 0 Å². The topological polar surface area (TPSA) is 61.7 Å². The summed E-state index contributed by atoms with van der Waals surface area (Å²) in [6.07, 6.45) is 0. The van der Waals surface area contributed by atoms with E-state index in [0.29, 0.717) is 6.54 Å². The Morgan fingerprint density at radius 2 is 1.87 bits per heavy atom. The van der Waals surface area contributed by atoms with Crippen LogP contribution in [-0.2, 0) is 19.5 Å². The molecule has 5 nitrogen and oxygen atoms in total. The third kappa shape index (κ3) is 2.65. The Labute approximate surface area is 137 Å². The molecule has 0 radical (unpaired) electrons. The van der Waals surface area contributed by atoms with Crippen molar-refractivity contribution in [2.24, 2.45) is 19.8 Å². The average molecular weight is 311 g/mol. The van der Waals surface area contributed by atoms with E-state index in [-0.39, 0.29) is 11.3 Å². The first kappa shape index (κ1) is 15.7. The summed E-state index contributed by atoms with van der Waals surface area (Å²) < 4.78 is 4.08. The summed E-state index contributed by atoms with van der Waals surface area (Å²) in [6.45, 7) is 7.02. The number of hydrogen-bond acceptors (Lipinski definition) is 3. The Morgan fingerprint density at radius 3 is 2.43 bits per heavy atom. The van der Waals surface area contributed by atoms with Crippen LogP contribution in [-0.4, -0.2) is 25.9 Å². The van der Waals surface area contributed by atoms with Gasteiger partial charge in [-0.2, -0.15) is 5.10 Å². The summed E-state index contributed by atoms with van der Waals surface area (Å²) >= 11 is 0. The number of rotatable bonds is 3. The number of fused-ring (bicyclic) bond motifs is 1. The van der Waals surface area contributed by atoms with Gasteiger partial charge in [0.05, 0.1) is 28.3 Å². The molecule has 0 aliphatic rings. The molecule has 3 aromatic rings. The lowest BCUT2D eigenvalue weighted by atomic mass is 9.91. The summed E-state index contributed by atoms with van der Waals surface area (Å²) in [6, 6.07) is 10.3. The zero-order valence-electron chi connectivity index (χ0n) is 14.5. The van der Waals surface area contributed by atoms with E-state index in [0.717, 1.165) is 28.2 Å². The van der Waals surface area contributed by atoms with Gasteiger partial charge in [-0.3, -0.25) is 4.68 Å². The molecule has 3 rings (SSSR count). The molecule has 0 saturated carbocycles. The summed E-state index contributed by atoms with van der Waals surface area (Å²) in [5.74, 6) is 1.01. The molecule has 2 N–H and O–H groups in total. The standard InChI is InChI=1S/C18H25N5/c1-18(2,3)16-10-15(23(5)21-16)12(11-19)17-20-13-8-6-7-9-14(13)22(17)4/h6-10,12H,11,19H2,1-5H3. The van der Waals surface area contributed by atoms with Crippen LogP contribution in [0.4, 0.5) is 0 Å². The van der Waals surface area contributed by atoms with Crippen molar-refractivity contribution in [2.45, 2.75) is 32.1 Å². The van der Waals surface area contributed by atoms with Crippen molar-refractivity contribution in [3.8, 4) is 0 Å². The van der Waals surface area contributed by atoms with Crippen LogP contribution in [0.3, 0.4) is 0 Å². The maximum absolute atomic E-state index is 6.12. The van der Waals surface area contributed by atoms with E-state index in [9.17, 15) is 0 Å². The highest BCUT2D eigenvalue weighted by Crippen LogP contribution is 2.29. The van der Waals surface area contributed by atoms with E-state index in [1.165, 1.54) is 0 Å². The van der Waals surface area contributed by atoms with Gasteiger partial charge in [-0.05, 0) is 18.2 Å². The second kappa shape index (κ2) is 5.49. The Morgan fingerprint density at radius 1 is 1.17 bits per heavy atom. The Bertz CT molecular complexity index is 835. The molecule has 0 spiro atoms. The van der Waals surface area contributed by atoms with Crippen molar-refractivity contribution in [3.05, 3.63) is 47.5 Å². The molecule has 2 heterocycles. The third-order valence-corrected chi connectivity index (χ3v) is 4.41. The van der Waals surface area contributed by atoms with Gasteiger partial charge in [-0.25, -0.2) is 4.98 Å². The largest absolute Gasteiger partial charge is 0.331 e. The lowest BCUT2D eigenvalue weighted by Gasteiger charge is -2.15. The van der Waals surface area contributed by atoms with Crippen molar-refractivity contribution in [3.63, 3.8) is 0 Å². The Balaban J connectivity index is 2.12. The minimum absolute atomic E-state index is 0.0154. The SMILES string of the molecule is Cn1nc(C(C)(C)C)cc1C(CN)c1nc2ccccc2n1C. The number of hydrogen-bond donors (Lipinski definition) is 1. The van der Waals surface area contributed by atoms with Crippen LogP contribution < -0.4 is 5.73 Å². The molecule has 0 aliphatic carbocycles. The molecule has 0 bridgehead atoms. The van der Waals surface area contributed by atoms with Gasteiger partial charge in [0.2, 0.25) is 0 Å². The first-order chi connectivity index (χ1) is 10.8. The van der Waals surface area contributed by atoms with Crippen LogP contribution in [0, 0.1) is 0 Å². The smallest absolute Gasteiger partial charge is 0.120 e. The molecule has 2 aromatic heterocycles. The van der Waals surface area contributed by atoms with E-state index in [1.54, 1.807) is 0 Å². The van der Waals surface area contributed by atoms with Crippen LogP contribution in [0.2, 0.25) is 0 Å². The lowest BCUT2D eigenvalue weighted by molar-refractivity contribution is 0.548. The number of imidazole rings is 1. The predicted octanol–water partition coefficient (Wildman–Crippen LogP) is 2.69. The van der Waals surface area contributed by atoms with E-state index >= 15 is 0 Å². The van der Waals surface area contributed by atoms with Crippen LogP contribution in [0.5, 0.6) is 0 Å². The molecule has 1 unspecified atom stereocenters. The zero-order valence-corrected chi connectivity index (χ0v) is 14.5. The van der Waals surface area contributed by atoms with E-state index in [4.69, 9.17) is 10.7 Å². The quantitative estimate of drug-likeness (QED) is 0.809. The fourth-order valence-electron chi connectivity index (χ4n) is 3.01. The first-order valence-electron chi connectivity index (χ1n) is 7.98. The normalized spacial score (nSPS) is 13.7. The third-order valence-electron chi connectivity index (χ3n) is 4.41. The highest BCUT2D eigenvalue weighted by molar-refractivity contribution is 5.76. The summed E-state index contributed by atoms with van der Waals surface area (Å²) in [5, 5.41) is 4.68. The van der Waals surface area contributed by atoms with Gasteiger partial charge in [-0.1, -0.05) is 32.9 Å². The lowest BCUT2D eigenvalue weighted by Crippen LogP contribution is -2.20. The van der Waals surface area contributed by atoms with Gasteiger partial charge in [0.1, 0.15) is 5.82 Å². The molecule has 0 aliphatic heterocycles. The zero-order chi connectivity index (χ0) is 16.8. The van der Waals surface area contributed by atoms with Crippen LogP contribution >= 0.6 is 0 Å². The molecule has 122 valence electrons. The molecule has 0 saturated heterocycles. The maximum atomic E-state index is 6.12. The minimum Gasteiger partial charge on any atom is -0.331 e. The number of para-hydroxylation sites is 2. The number of aryl methyl sites for hydroxylation is 2. The van der Waals surface area contributed by atoms with Crippen LogP contribution in [0.25, 0.3) is 11.0 Å². The van der Waals surface area contributed by atoms with Gasteiger partial charge in [0, 0.05) is 26.1 Å². The summed E-state index contributed by atoms with van der Waals surface area (Å²) in [4.78, 5) is 4.81. The molecule has 5 heteroatoms. The highest BCUT2D eigenvalue weighted by Gasteiger charge is 2.26. The number of nitrogens with two attached hydrogens (primary N) is 1. The van der Waals surface area contributed by atoms with E-state index in [1.807, 2.05) is 37.0 Å². The molecule has 1 aromatic carbocycles. The molecule has 0 fully saturated rings. The molecular formula is C18H25N5. The van der Waals surface area contributed by atoms with Crippen molar-refractivity contribution < 1.29 is 0 Å². The molecule has 1 atom stereocenters. The second-order valence-corrected chi connectivity index (χ2v) is 7.13. The van der Waals surface area contributed by atoms with Gasteiger partial charge in [-0.15, -0.1) is 0 Å². The van der Waals surface area contributed by atoms with Crippen molar-refractivity contribution in [1.29, 1.82) is 0 Å². The maximum Gasteiger partial charge on any atom is 0.120 e. The van der Waals surface area contributed by atoms with Crippen molar-refractivity contribution >= 4 is 11.0 Å². The van der Waals surface area contributed by atoms with E-state index in [2.05, 4.69) is 42.6 Å². The minimum atomic E-state index is 0.0154. The summed E-state index contributed by atoms with van der Waals surface area (Å²) in [5.41, 5.74) is 10.4. The number of nitrogens with zero attached hydrogens (tertiary/aromatic N) is 4. The first-order valence-corrected chi connectivity index (χ1v) is 7.98. The fraction of sp³-hybridized carbons (Fsp3) is 0.444. The number of aromatic nitrogens is 4. The summed E-state index contributed by atoms with van der Waals surface area (Å²) in [7, 11) is 4.03. The van der Waals surface area contributed by atoms with Crippen LogP contribution in [0.1, 0.15) is 43.9 Å². The number of benzene rings is 1. The molecule has 23 heavy (non-hydrogen) atoms. The van der Waals surface area contributed by atoms with Gasteiger partial charge in [0.25, 0.3) is 0 Å². The van der Waals surface area contributed by atoms with Gasteiger partial charge < -0.3 is 10.3 Å². The Hall–Kier alpha value is -2.14. The second-order valence-electron chi connectivity index (χ2n) is 7.13. The average Bonchev–Trinajstić information content (AvgIpc) is 3.03.